The molecule has 0 amide bonds. The van der Waals surface area contributed by atoms with E-state index in [-0.39, 0.29) is 0 Å². The summed E-state index contributed by atoms with van der Waals surface area (Å²) in [4.78, 5) is 9.64. The van der Waals surface area contributed by atoms with Gasteiger partial charge in [0, 0.05) is 24.1 Å². The molecule has 2 aromatic heterocycles. The van der Waals surface area contributed by atoms with Gasteiger partial charge in [-0.05, 0) is 110 Å². The summed E-state index contributed by atoms with van der Waals surface area (Å²) in [6, 6.07) is 13.4. The van der Waals surface area contributed by atoms with Crippen molar-refractivity contribution in [1.82, 2.24) is 9.97 Å². The van der Waals surface area contributed by atoms with Crippen LogP contribution in [0.15, 0.2) is 42.6 Å². The van der Waals surface area contributed by atoms with Gasteiger partial charge in [-0.3, -0.25) is 0 Å². The zero-order valence-electron chi connectivity index (χ0n) is 22.4. The number of rotatable bonds is 6. The zero-order valence-corrected chi connectivity index (χ0v) is 22.4. The highest BCUT2D eigenvalue weighted by Crippen LogP contribution is 2.34. The SMILES string of the molecule is Cc1c(CC2CCc3ccc(Nc4ccc(CC5CCC(C)CC5)cc4)nc3C2)cnc2c1NCCO2. The van der Waals surface area contributed by atoms with Crippen molar-refractivity contribution in [2.45, 2.75) is 71.6 Å². The minimum absolute atomic E-state index is 0.584. The molecule has 2 aliphatic carbocycles. The van der Waals surface area contributed by atoms with Crippen LogP contribution in [0.3, 0.4) is 0 Å². The molecule has 0 spiro atoms. The molecule has 3 heterocycles. The van der Waals surface area contributed by atoms with Crippen molar-refractivity contribution in [1.29, 1.82) is 0 Å². The molecule has 1 saturated carbocycles. The van der Waals surface area contributed by atoms with E-state index in [0.29, 0.717) is 12.5 Å². The van der Waals surface area contributed by atoms with Crippen molar-refractivity contribution < 1.29 is 4.74 Å². The van der Waals surface area contributed by atoms with Gasteiger partial charge in [-0.2, -0.15) is 0 Å². The van der Waals surface area contributed by atoms with Crippen molar-refractivity contribution in [3.63, 3.8) is 0 Å². The fourth-order valence-electron chi connectivity index (χ4n) is 6.43. The number of fused-ring (bicyclic) bond motifs is 2. The van der Waals surface area contributed by atoms with Crippen molar-refractivity contribution >= 4 is 17.2 Å². The van der Waals surface area contributed by atoms with Gasteiger partial charge in [0.25, 0.3) is 0 Å². The molecule has 5 heteroatoms. The Labute approximate surface area is 221 Å². The van der Waals surface area contributed by atoms with Crippen LogP contribution in [0.25, 0.3) is 0 Å². The fraction of sp³-hybridized carbons (Fsp3) is 0.500. The normalized spacial score (nSPS) is 22.8. The van der Waals surface area contributed by atoms with Crippen molar-refractivity contribution in [3.8, 4) is 5.88 Å². The predicted molar refractivity (Wildman–Crippen MR) is 151 cm³/mol. The molecule has 194 valence electrons. The van der Waals surface area contributed by atoms with Gasteiger partial charge in [0.15, 0.2) is 0 Å². The second-order valence-corrected chi connectivity index (χ2v) is 11.6. The summed E-state index contributed by atoms with van der Waals surface area (Å²) in [5.41, 5.74) is 8.89. The van der Waals surface area contributed by atoms with E-state index in [1.807, 2.05) is 6.20 Å². The monoisotopic (exact) mass is 496 g/mol. The molecule has 37 heavy (non-hydrogen) atoms. The Balaban J connectivity index is 1.08. The number of aryl methyl sites for hydroxylation is 1. The second-order valence-electron chi connectivity index (χ2n) is 11.6. The molecule has 3 aliphatic rings. The smallest absolute Gasteiger partial charge is 0.237 e. The Kier molecular flexibility index (Phi) is 7.04. The first-order valence-corrected chi connectivity index (χ1v) is 14.3. The minimum atomic E-state index is 0.584. The lowest BCUT2D eigenvalue weighted by Gasteiger charge is -2.26. The van der Waals surface area contributed by atoms with Gasteiger partial charge >= 0.3 is 0 Å². The van der Waals surface area contributed by atoms with E-state index in [0.717, 1.165) is 60.7 Å². The fourth-order valence-corrected chi connectivity index (χ4v) is 6.43. The third kappa shape index (κ3) is 5.61. The number of benzene rings is 1. The highest BCUT2D eigenvalue weighted by Gasteiger charge is 2.23. The van der Waals surface area contributed by atoms with Crippen LogP contribution in [0.2, 0.25) is 0 Å². The Bertz CT molecular complexity index is 1230. The third-order valence-electron chi connectivity index (χ3n) is 8.82. The van der Waals surface area contributed by atoms with E-state index in [9.17, 15) is 0 Å². The lowest BCUT2D eigenvalue weighted by atomic mass is 9.80. The van der Waals surface area contributed by atoms with E-state index in [2.05, 4.69) is 65.9 Å². The largest absolute Gasteiger partial charge is 0.474 e. The van der Waals surface area contributed by atoms with E-state index >= 15 is 0 Å². The van der Waals surface area contributed by atoms with Crippen LogP contribution in [0.5, 0.6) is 5.88 Å². The first kappa shape index (κ1) is 24.3. The molecule has 1 atom stereocenters. The number of aromatic nitrogens is 2. The van der Waals surface area contributed by atoms with Crippen molar-refractivity contribution in [2.75, 3.05) is 23.8 Å². The molecular weight excluding hydrogens is 456 g/mol. The van der Waals surface area contributed by atoms with Crippen LogP contribution < -0.4 is 15.4 Å². The summed E-state index contributed by atoms with van der Waals surface area (Å²) in [6.07, 6.45) is 13.1. The van der Waals surface area contributed by atoms with E-state index < -0.39 is 0 Å². The van der Waals surface area contributed by atoms with E-state index in [4.69, 9.17) is 9.72 Å². The van der Waals surface area contributed by atoms with Crippen LogP contribution in [-0.4, -0.2) is 23.1 Å². The van der Waals surface area contributed by atoms with Crippen LogP contribution in [-0.2, 0) is 25.7 Å². The highest BCUT2D eigenvalue weighted by molar-refractivity contribution is 5.62. The topological polar surface area (TPSA) is 59.1 Å². The van der Waals surface area contributed by atoms with Crippen LogP contribution in [0.1, 0.15) is 67.0 Å². The maximum atomic E-state index is 5.71. The molecule has 1 aliphatic heterocycles. The number of anilines is 3. The molecule has 0 saturated heterocycles. The molecule has 3 aromatic rings. The van der Waals surface area contributed by atoms with Gasteiger partial charge < -0.3 is 15.4 Å². The number of hydrogen-bond donors (Lipinski definition) is 2. The summed E-state index contributed by atoms with van der Waals surface area (Å²) in [5, 5.41) is 7.03. The van der Waals surface area contributed by atoms with Gasteiger partial charge in [0.1, 0.15) is 18.1 Å². The van der Waals surface area contributed by atoms with Gasteiger partial charge in [-0.1, -0.05) is 38.0 Å². The Hall–Kier alpha value is -3.08. The van der Waals surface area contributed by atoms with Crippen LogP contribution in [0.4, 0.5) is 17.2 Å². The molecule has 1 unspecified atom stereocenters. The number of ether oxygens (including phenoxy) is 1. The molecule has 0 radical (unpaired) electrons. The molecule has 0 bridgehead atoms. The summed E-state index contributed by atoms with van der Waals surface area (Å²) in [6.45, 7) is 6.12. The minimum Gasteiger partial charge on any atom is -0.474 e. The molecule has 2 N–H and O–H groups in total. The van der Waals surface area contributed by atoms with Gasteiger partial charge in [0.05, 0.1) is 0 Å². The summed E-state index contributed by atoms with van der Waals surface area (Å²) >= 11 is 0. The molecular formula is C32H40N4O. The number of nitrogens with zero attached hydrogens (tertiary/aromatic N) is 2. The lowest BCUT2D eigenvalue weighted by molar-refractivity contribution is 0.289. The second kappa shape index (κ2) is 10.7. The average Bonchev–Trinajstić information content (AvgIpc) is 2.93. The first-order chi connectivity index (χ1) is 18.1. The van der Waals surface area contributed by atoms with Gasteiger partial charge in [0.2, 0.25) is 5.88 Å². The molecule has 6 rings (SSSR count). The zero-order chi connectivity index (χ0) is 25.2. The summed E-state index contributed by atoms with van der Waals surface area (Å²) in [5.74, 6) is 4.05. The Morgan fingerprint density at radius 2 is 1.81 bits per heavy atom. The van der Waals surface area contributed by atoms with Crippen molar-refractivity contribution in [3.05, 3.63) is 70.5 Å². The standard InChI is InChI=1S/C32H40N4O/c1-21-3-5-23(6-4-21)17-24-8-12-28(13-9-24)35-30-14-11-26-10-7-25(19-29(26)36-30)18-27-20-34-32-31(22(27)2)33-15-16-37-32/h8-9,11-14,20-21,23,25,33H,3-7,10,15-19H2,1-2H3,(H,35,36). The highest BCUT2D eigenvalue weighted by atomic mass is 16.5. The summed E-state index contributed by atoms with van der Waals surface area (Å²) in [7, 11) is 0. The van der Waals surface area contributed by atoms with Gasteiger partial charge in [-0.15, -0.1) is 0 Å². The molecule has 5 nitrogen and oxygen atoms in total. The van der Waals surface area contributed by atoms with Crippen molar-refractivity contribution in [2.24, 2.45) is 17.8 Å². The van der Waals surface area contributed by atoms with Crippen LogP contribution in [0, 0.1) is 24.7 Å². The lowest BCUT2D eigenvalue weighted by Crippen LogP contribution is -2.22. The molecule has 1 fully saturated rings. The Morgan fingerprint density at radius 1 is 0.973 bits per heavy atom. The Morgan fingerprint density at radius 3 is 2.65 bits per heavy atom. The average molecular weight is 497 g/mol. The quantitative estimate of drug-likeness (QED) is 0.383. The van der Waals surface area contributed by atoms with Gasteiger partial charge in [-0.25, -0.2) is 9.97 Å². The number of hydrogen-bond acceptors (Lipinski definition) is 5. The molecule has 1 aromatic carbocycles. The predicted octanol–water partition coefficient (Wildman–Crippen LogP) is 7.05. The van der Waals surface area contributed by atoms with E-state index in [1.165, 1.54) is 66.5 Å². The van der Waals surface area contributed by atoms with E-state index in [1.54, 1.807) is 0 Å². The maximum absolute atomic E-state index is 5.71. The maximum Gasteiger partial charge on any atom is 0.237 e. The first-order valence-electron chi connectivity index (χ1n) is 14.3. The number of pyridine rings is 2. The number of nitrogens with one attached hydrogen (secondary N) is 2. The summed E-state index contributed by atoms with van der Waals surface area (Å²) < 4.78 is 5.71. The third-order valence-corrected chi connectivity index (χ3v) is 8.82. The van der Waals surface area contributed by atoms with Crippen LogP contribution >= 0.6 is 0 Å².